The van der Waals surface area contributed by atoms with E-state index in [9.17, 15) is 4.79 Å². The molecule has 5 nitrogen and oxygen atoms in total. The van der Waals surface area contributed by atoms with Crippen molar-refractivity contribution in [3.8, 4) is 5.69 Å². The first-order valence-electron chi connectivity index (χ1n) is 7.07. The number of para-hydroxylation sites is 1. The molecule has 0 atom stereocenters. The molecule has 0 radical (unpaired) electrons. The first kappa shape index (κ1) is 15.2. The number of hydrogen-bond acceptors (Lipinski definition) is 3. The Labute approximate surface area is 138 Å². The number of rotatable bonds is 5. The minimum atomic E-state index is -0.364. The van der Waals surface area contributed by atoms with Crippen LogP contribution in [-0.2, 0) is 11.4 Å². The molecule has 116 valence electrons. The first-order valence-corrected chi connectivity index (χ1v) is 7.48. The van der Waals surface area contributed by atoms with E-state index in [1.54, 1.807) is 10.8 Å². The fourth-order valence-electron chi connectivity index (χ4n) is 2.18. The van der Waals surface area contributed by atoms with Crippen LogP contribution in [-0.4, -0.2) is 15.5 Å². The van der Waals surface area contributed by atoms with Gasteiger partial charge in [0.15, 0.2) is 4.77 Å². The van der Waals surface area contributed by atoms with Crippen molar-refractivity contribution in [1.29, 1.82) is 0 Å². The molecule has 0 bridgehead atoms. The number of H-pyrrole nitrogens is 1. The molecule has 0 spiro atoms. The lowest BCUT2D eigenvalue weighted by Crippen LogP contribution is -2.25. The van der Waals surface area contributed by atoms with E-state index in [-0.39, 0.29) is 5.91 Å². The molecule has 6 heteroatoms. The van der Waals surface area contributed by atoms with Crippen LogP contribution in [0.5, 0.6) is 0 Å². The van der Waals surface area contributed by atoms with Crippen LogP contribution >= 0.6 is 12.2 Å². The fourth-order valence-corrected chi connectivity index (χ4v) is 2.44. The van der Waals surface area contributed by atoms with Gasteiger partial charge in [0.1, 0.15) is 5.69 Å². The van der Waals surface area contributed by atoms with Gasteiger partial charge < -0.3 is 4.98 Å². The van der Waals surface area contributed by atoms with Gasteiger partial charge in [0, 0.05) is 11.9 Å². The summed E-state index contributed by atoms with van der Waals surface area (Å²) in [7, 11) is 0. The predicted octanol–water partition coefficient (Wildman–Crippen LogP) is 3.40. The highest BCUT2D eigenvalue weighted by Crippen LogP contribution is 2.12. The molecule has 0 fully saturated rings. The maximum absolute atomic E-state index is 12.3. The maximum Gasteiger partial charge on any atom is 0.293 e. The van der Waals surface area contributed by atoms with Gasteiger partial charge in [0.05, 0.1) is 6.61 Å². The Morgan fingerprint density at radius 1 is 1.09 bits per heavy atom. The van der Waals surface area contributed by atoms with Crippen molar-refractivity contribution >= 4 is 18.1 Å². The van der Waals surface area contributed by atoms with Gasteiger partial charge in [-0.25, -0.2) is 5.48 Å². The van der Waals surface area contributed by atoms with E-state index in [2.05, 4.69) is 10.5 Å². The fraction of sp³-hybridized carbons (Fsp3) is 0.0588. The van der Waals surface area contributed by atoms with E-state index in [1.807, 2.05) is 60.7 Å². The molecular formula is C17H15N3O2S. The van der Waals surface area contributed by atoms with Gasteiger partial charge in [-0.05, 0) is 29.9 Å². The number of nitrogens with zero attached hydrogens (tertiary/aromatic N) is 1. The number of amides is 1. The molecule has 3 aromatic rings. The summed E-state index contributed by atoms with van der Waals surface area (Å²) >= 11 is 5.25. The number of aromatic amines is 1. The van der Waals surface area contributed by atoms with Gasteiger partial charge in [-0.1, -0.05) is 48.5 Å². The largest absolute Gasteiger partial charge is 0.336 e. The summed E-state index contributed by atoms with van der Waals surface area (Å²) in [6.07, 6.45) is 1.57. The van der Waals surface area contributed by atoms with E-state index in [4.69, 9.17) is 17.1 Å². The van der Waals surface area contributed by atoms with Gasteiger partial charge in [-0.2, -0.15) is 0 Å². The molecule has 0 aliphatic heterocycles. The molecule has 3 rings (SSSR count). The Kier molecular flexibility index (Phi) is 4.65. The smallest absolute Gasteiger partial charge is 0.293 e. The lowest BCUT2D eigenvalue weighted by molar-refractivity contribution is 0.0228. The molecule has 23 heavy (non-hydrogen) atoms. The average Bonchev–Trinajstić information content (AvgIpc) is 2.98. The highest BCUT2D eigenvalue weighted by molar-refractivity contribution is 7.71. The molecule has 0 saturated carbocycles. The highest BCUT2D eigenvalue weighted by atomic mass is 32.1. The molecule has 1 aromatic heterocycles. The summed E-state index contributed by atoms with van der Waals surface area (Å²) in [4.78, 5) is 20.5. The van der Waals surface area contributed by atoms with E-state index < -0.39 is 0 Å². The van der Waals surface area contributed by atoms with Crippen LogP contribution in [0.2, 0.25) is 0 Å². The molecule has 0 saturated heterocycles. The standard InChI is InChI=1S/C17H15N3O2S/c21-16(19-22-12-13-7-3-1-4-8-13)15-11-18-17(23)20(15)14-9-5-2-6-10-14/h1-11H,12H2,(H,18,23)(H,19,21). The Bertz CT molecular complexity index is 841. The summed E-state index contributed by atoms with van der Waals surface area (Å²) in [5, 5.41) is 0. The van der Waals surface area contributed by atoms with Gasteiger partial charge in [-0.15, -0.1) is 0 Å². The predicted molar refractivity (Wildman–Crippen MR) is 89.7 cm³/mol. The van der Waals surface area contributed by atoms with Crippen LogP contribution in [0.25, 0.3) is 5.69 Å². The summed E-state index contributed by atoms with van der Waals surface area (Å²) in [5.74, 6) is -0.364. The van der Waals surface area contributed by atoms with Crippen molar-refractivity contribution in [2.75, 3.05) is 0 Å². The van der Waals surface area contributed by atoms with Gasteiger partial charge in [0.25, 0.3) is 5.91 Å². The summed E-state index contributed by atoms with van der Waals surface area (Å²) in [6, 6.07) is 19.0. The number of imidazole rings is 1. The molecular weight excluding hydrogens is 310 g/mol. The van der Waals surface area contributed by atoms with Crippen molar-refractivity contribution in [1.82, 2.24) is 15.0 Å². The monoisotopic (exact) mass is 325 g/mol. The van der Waals surface area contributed by atoms with Crippen LogP contribution in [0.15, 0.2) is 66.9 Å². The number of aromatic nitrogens is 2. The van der Waals surface area contributed by atoms with Crippen LogP contribution in [0.3, 0.4) is 0 Å². The van der Waals surface area contributed by atoms with Crippen LogP contribution in [0, 0.1) is 4.77 Å². The van der Waals surface area contributed by atoms with Gasteiger partial charge >= 0.3 is 0 Å². The topological polar surface area (TPSA) is 59.0 Å². The molecule has 0 aliphatic carbocycles. The second kappa shape index (κ2) is 7.04. The van der Waals surface area contributed by atoms with Crippen LogP contribution < -0.4 is 5.48 Å². The summed E-state index contributed by atoms with van der Waals surface area (Å²) in [5.41, 5.74) is 4.61. The van der Waals surface area contributed by atoms with Crippen molar-refractivity contribution in [2.45, 2.75) is 6.61 Å². The minimum absolute atomic E-state index is 0.295. The zero-order valence-corrected chi connectivity index (χ0v) is 13.0. The van der Waals surface area contributed by atoms with Crippen molar-refractivity contribution in [3.63, 3.8) is 0 Å². The molecule has 2 aromatic carbocycles. The van der Waals surface area contributed by atoms with Crippen LogP contribution in [0.1, 0.15) is 16.1 Å². The Hall–Kier alpha value is -2.70. The zero-order chi connectivity index (χ0) is 16.1. The zero-order valence-electron chi connectivity index (χ0n) is 12.2. The molecule has 0 unspecified atom stereocenters. The third-order valence-corrected chi connectivity index (χ3v) is 3.57. The van der Waals surface area contributed by atoms with E-state index in [1.165, 1.54) is 0 Å². The van der Waals surface area contributed by atoms with E-state index >= 15 is 0 Å². The highest BCUT2D eigenvalue weighted by Gasteiger charge is 2.14. The van der Waals surface area contributed by atoms with Gasteiger partial charge in [0.2, 0.25) is 0 Å². The minimum Gasteiger partial charge on any atom is -0.336 e. The second-order valence-electron chi connectivity index (χ2n) is 4.86. The lowest BCUT2D eigenvalue weighted by atomic mass is 10.2. The Morgan fingerprint density at radius 3 is 2.43 bits per heavy atom. The van der Waals surface area contributed by atoms with Crippen LogP contribution in [0.4, 0.5) is 0 Å². The number of nitrogens with one attached hydrogen (secondary N) is 2. The number of hydrogen-bond donors (Lipinski definition) is 2. The quantitative estimate of drug-likeness (QED) is 0.558. The van der Waals surface area contributed by atoms with Crippen molar-refractivity contribution in [2.24, 2.45) is 0 Å². The third-order valence-electron chi connectivity index (χ3n) is 3.27. The normalized spacial score (nSPS) is 10.4. The second-order valence-corrected chi connectivity index (χ2v) is 5.24. The Balaban J connectivity index is 1.72. The molecule has 1 amide bonds. The van der Waals surface area contributed by atoms with E-state index in [0.717, 1.165) is 11.3 Å². The van der Waals surface area contributed by atoms with Crippen molar-refractivity contribution in [3.05, 3.63) is 82.9 Å². The lowest BCUT2D eigenvalue weighted by Gasteiger charge is -2.09. The molecule has 1 heterocycles. The maximum atomic E-state index is 12.3. The number of benzene rings is 2. The SMILES string of the molecule is O=C(NOCc1ccccc1)c1c[nH]c(=S)n1-c1ccccc1. The van der Waals surface area contributed by atoms with Crippen molar-refractivity contribution < 1.29 is 9.63 Å². The summed E-state index contributed by atoms with van der Waals surface area (Å²) in [6.45, 7) is 0.295. The van der Waals surface area contributed by atoms with Gasteiger partial charge in [-0.3, -0.25) is 14.2 Å². The Morgan fingerprint density at radius 2 is 1.74 bits per heavy atom. The summed E-state index contributed by atoms with van der Waals surface area (Å²) < 4.78 is 2.11. The molecule has 0 aliphatic rings. The molecule has 2 N–H and O–H groups in total. The number of carbonyl (C=O) groups is 1. The van der Waals surface area contributed by atoms with E-state index in [0.29, 0.717) is 17.1 Å². The third kappa shape index (κ3) is 3.56. The number of carbonyl (C=O) groups excluding carboxylic acids is 1. The first-order chi connectivity index (χ1) is 11.3. The average molecular weight is 325 g/mol. The number of hydroxylamine groups is 1.